The summed E-state index contributed by atoms with van der Waals surface area (Å²) in [5.41, 5.74) is 1.48. The van der Waals surface area contributed by atoms with Crippen LogP contribution < -0.4 is 5.32 Å². The number of carbonyl (C=O) groups is 3. The fraction of sp³-hybridized carbons (Fsp3) is 0.222. The molecule has 0 bridgehead atoms. The van der Waals surface area contributed by atoms with Gasteiger partial charge in [-0.1, -0.05) is 22.0 Å². The van der Waals surface area contributed by atoms with Gasteiger partial charge in [0.2, 0.25) is 5.91 Å². The minimum Gasteiger partial charge on any atom is -0.348 e. The van der Waals surface area contributed by atoms with E-state index in [0.717, 1.165) is 15.1 Å². The maximum atomic E-state index is 12.4. The van der Waals surface area contributed by atoms with E-state index in [-0.39, 0.29) is 36.7 Å². The number of carbonyl (C=O) groups excluding carboxylic acids is 3. The summed E-state index contributed by atoms with van der Waals surface area (Å²) >= 11 is 3.29. The lowest BCUT2D eigenvalue weighted by atomic mass is 10.1. The molecule has 128 valence electrons. The van der Waals surface area contributed by atoms with Crippen molar-refractivity contribution < 1.29 is 14.4 Å². The molecule has 3 rings (SSSR count). The minimum absolute atomic E-state index is 0.0454. The fourth-order valence-electron chi connectivity index (χ4n) is 2.70. The summed E-state index contributed by atoms with van der Waals surface area (Å²) in [6.45, 7) is 1.88. The van der Waals surface area contributed by atoms with Crippen LogP contribution in [-0.2, 0) is 4.79 Å². The molecule has 0 spiro atoms. The van der Waals surface area contributed by atoms with Gasteiger partial charge in [0, 0.05) is 23.6 Å². The third-order valence-electron chi connectivity index (χ3n) is 4.00. The van der Waals surface area contributed by atoms with Gasteiger partial charge in [0.05, 0.1) is 22.9 Å². The molecule has 1 atom stereocenters. The number of aromatic nitrogens is 1. The zero-order valence-corrected chi connectivity index (χ0v) is 15.1. The van der Waals surface area contributed by atoms with Gasteiger partial charge in [0.1, 0.15) is 0 Å². The molecule has 1 aliphatic heterocycles. The highest BCUT2D eigenvalue weighted by Gasteiger charge is 2.35. The first kappa shape index (κ1) is 17.3. The molecule has 0 radical (unpaired) electrons. The van der Waals surface area contributed by atoms with Crippen molar-refractivity contribution in [3.05, 3.63) is 63.9 Å². The van der Waals surface area contributed by atoms with Crippen LogP contribution in [0.1, 0.15) is 45.8 Å². The number of rotatable bonds is 5. The van der Waals surface area contributed by atoms with Crippen LogP contribution in [0.2, 0.25) is 0 Å². The standard InChI is InChI=1S/C18H16BrN3O3/c1-11(15-4-2-3-8-20-15)21-16(23)7-9-22-17(24)13-6-5-12(19)10-14(13)18(22)25/h2-6,8,10-11H,7,9H2,1H3,(H,21,23)/t11-/m1/s1. The van der Waals surface area contributed by atoms with Crippen molar-refractivity contribution in [3.63, 3.8) is 0 Å². The van der Waals surface area contributed by atoms with Gasteiger partial charge >= 0.3 is 0 Å². The van der Waals surface area contributed by atoms with Crippen molar-refractivity contribution >= 4 is 33.7 Å². The van der Waals surface area contributed by atoms with Crippen LogP contribution in [0.5, 0.6) is 0 Å². The van der Waals surface area contributed by atoms with Gasteiger partial charge in [-0.2, -0.15) is 0 Å². The maximum Gasteiger partial charge on any atom is 0.261 e. The first-order valence-electron chi connectivity index (χ1n) is 7.83. The van der Waals surface area contributed by atoms with Crippen LogP contribution in [0.25, 0.3) is 0 Å². The van der Waals surface area contributed by atoms with E-state index in [2.05, 4.69) is 26.2 Å². The van der Waals surface area contributed by atoms with Crippen molar-refractivity contribution in [1.29, 1.82) is 0 Å². The molecule has 1 aliphatic rings. The number of fused-ring (bicyclic) bond motifs is 1. The number of halogens is 1. The summed E-state index contributed by atoms with van der Waals surface area (Å²) in [6.07, 6.45) is 1.71. The summed E-state index contributed by atoms with van der Waals surface area (Å²) in [6, 6.07) is 10.2. The second-order valence-corrected chi connectivity index (χ2v) is 6.66. The Labute approximate surface area is 153 Å². The summed E-state index contributed by atoms with van der Waals surface area (Å²) in [4.78, 5) is 42.1. The van der Waals surface area contributed by atoms with Gasteiger partial charge in [0.15, 0.2) is 0 Å². The number of amides is 3. The number of hydrogen-bond acceptors (Lipinski definition) is 4. The zero-order valence-electron chi connectivity index (χ0n) is 13.5. The van der Waals surface area contributed by atoms with E-state index in [1.54, 1.807) is 30.5 Å². The quantitative estimate of drug-likeness (QED) is 0.781. The van der Waals surface area contributed by atoms with Gasteiger partial charge in [-0.3, -0.25) is 24.3 Å². The number of pyridine rings is 1. The Hall–Kier alpha value is -2.54. The van der Waals surface area contributed by atoms with Crippen molar-refractivity contribution in [2.45, 2.75) is 19.4 Å². The second kappa shape index (κ2) is 7.14. The Morgan fingerprint density at radius 3 is 2.68 bits per heavy atom. The second-order valence-electron chi connectivity index (χ2n) is 5.75. The molecule has 1 N–H and O–H groups in total. The van der Waals surface area contributed by atoms with E-state index in [1.165, 1.54) is 0 Å². The number of imide groups is 1. The topological polar surface area (TPSA) is 79.4 Å². The molecule has 0 saturated carbocycles. The molecule has 1 aromatic heterocycles. The number of nitrogens with zero attached hydrogens (tertiary/aromatic N) is 2. The highest BCUT2D eigenvalue weighted by Crippen LogP contribution is 2.26. The Balaban J connectivity index is 1.60. The summed E-state index contributed by atoms with van der Waals surface area (Å²) in [5, 5.41) is 2.82. The highest BCUT2D eigenvalue weighted by atomic mass is 79.9. The minimum atomic E-state index is -0.369. The Morgan fingerprint density at radius 1 is 1.20 bits per heavy atom. The highest BCUT2D eigenvalue weighted by molar-refractivity contribution is 9.10. The predicted octanol–water partition coefficient (Wildman–Crippen LogP) is 2.71. The van der Waals surface area contributed by atoms with Gasteiger partial charge < -0.3 is 5.32 Å². The number of benzene rings is 1. The Kier molecular flexibility index (Phi) is 4.94. The first-order valence-corrected chi connectivity index (χ1v) is 8.62. The van der Waals surface area contributed by atoms with E-state index in [9.17, 15) is 14.4 Å². The molecular weight excluding hydrogens is 386 g/mol. The number of hydrogen-bond donors (Lipinski definition) is 1. The van der Waals surface area contributed by atoms with Crippen LogP contribution in [0.4, 0.5) is 0 Å². The molecular formula is C18H16BrN3O3. The maximum absolute atomic E-state index is 12.4. The van der Waals surface area contributed by atoms with E-state index >= 15 is 0 Å². The van der Waals surface area contributed by atoms with E-state index < -0.39 is 0 Å². The van der Waals surface area contributed by atoms with Crippen molar-refractivity contribution in [1.82, 2.24) is 15.2 Å². The van der Waals surface area contributed by atoms with Gasteiger partial charge in [-0.15, -0.1) is 0 Å². The summed E-state index contributed by atoms with van der Waals surface area (Å²) in [5.74, 6) is -0.971. The third-order valence-corrected chi connectivity index (χ3v) is 4.50. The third kappa shape index (κ3) is 3.61. The van der Waals surface area contributed by atoms with Gasteiger partial charge in [-0.25, -0.2) is 0 Å². The smallest absolute Gasteiger partial charge is 0.261 e. The van der Waals surface area contributed by atoms with E-state index in [1.807, 2.05) is 19.1 Å². The normalized spacial score (nSPS) is 14.4. The SMILES string of the molecule is C[C@@H](NC(=O)CCN1C(=O)c2ccc(Br)cc2C1=O)c1ccccn1. The van der Waals surface area contributed by atoms with Crippen LogP contribution in [-0.4, -0.2) is 34.2 Å². The lowest BCUT2D eigenvalue weighted by Crippen LogP contribution is -2.35. The molecule has 0 unspecified atom stereocenters. The number of nitrogens with one attached hydrogen (secondary N) is 1. The van der Waals surface area contributed by atoms with Gasteiger partial charge in [0.25, 0.3) is 11.8 Å². The first-order chi connectivity index (χ1) is 12.0. The predicted molar refractivity (Wildman–Crippen MR) is 94.9 cm³/mol. The fourth-order valence-corrected chi connectivity index (χ4v) is 3.06. The van der Waals surface area contributed by atoms with Crippen LogP contribution in [0.3, 0.4) is 0 Å². The molecule has 2 aromatic rings. The molecule has 2 heterocycles. The van der Waals surface area contributed by atoms with E-state index in [0.29, 0.717) is 11.1 Å². The van der Waals surface area contributed by atoms with Crippen LogP contribution in [0, 0.1) is 0 Å². The molecule has 1 aromatic carbocycles. The average Bonchev–Trinajstić information content (AvgIpc) is 2.84. The molecule has 0 aliphatic carbocycles. The van der Waals surface area contributed by atoms with Crippen molar-refractivity contribution in [2.75, 3.05) is 6.54 Å². The lowest BCUT2D eigenvalue weighted by Gasteiger charge is -2.16. The van der Waals surface area contributed by atoms with Crippen molar-refractivity contribution in [2.24, 2.45) is 0 Å². The van der Waals surface area contributed by atoms with Crippen molar-refractivity contribution in [3.8, 4) is 0 Å². The zero-order chi connectivity index (χ0) is 18.0. The molecule has 7 heteroatoms. The molecule has 0 fully saturated rings. The largest absolute Gasteiger partial charge is 0.348 e. The Morgan fingerprint density at radius 2 is 1.96 bits per heavy atom. The van der Waals surface area contributed by atoms with Crippen LogP contribution in [0.15, 0.2) is 47.1 Å². The summed E-state index contributed by atoms with van der Waals surface area (Å²) in [7, 11) is 0. The molecule has 3 amide bonds. The monoisotopic (exact) mass is 401 g/mol. The lowest BCUT2D eigenvalue weighted by molar-refractivity contribution is -0.121. The Bertz CT molecular complexity index is 839. The molecule has 25 heavy (non-hydrogen) atoms. The van der Waals surface area contributed by atoms with Gasteiger partial charge in [-0.05, 0) is 37.3 Å². The van der Waals surface area contributed by atoms with Crippen LogP contribution >= 0.6 is 15.9 Å². The van der Waals surface area contributed by atoms with E-state index in [4.69, 9.17) is 0 Å². The average molecular weight is 402 g/mol. The summed E-state index contributed by atoms with van der Waals surface area (Å²) < 4.78 is 0.733. The molecule has 6 nitrogen and oxygen atoms in total. The molecule has 0 saturated heterocycles.